The van der Waals surface area contributed by atoms with Gasteiger partial charge in [0.1, 0.15) is 11.2 Å². The molecule has 0 aliphatic heterocycles. The van der Waals surface area contributed by atoms with Crippen LogP contribution in [-0.2, 0) is 0 Å². The molecule has 13 aromatic rings. The first-order chi connectivity index (χ1) is 37.0. The minimum absolute atomic E-state index is 0.0439. The van der Waals surface area contributed by atoms with E-state index in [2.05, 4.69) is 36.4 Å². The van der Waals surface area contributed by atoms with Crippen molar-refractivity contribution in [3.8, 4) is 92.8 Å². The number of rotatable bonds is 6. The summed E-state index contributed by atoms with van der Waals surface area (Å²) in [7, 11) is 0. The number of hydrogen-bond donors (Lipinski definition) is 0. The van der Waals surface area contributed by atoms with E-state index in [1.54, 1.807) is 24.8 Å². The van der Waals surface area contributed by atoms with Crippen LogP contribution in [0.2, 0.25) is 0 Å². The number of aromatic nitrogens is 6. The molecule has 13 rings (SSSR count). The third-order valence-electron chi connectivity index (χ3n) is 13.8. The van der Waals surface area contributed by atoms with Gasteiger partial charge in [-0.1, -0.05) is 91.0 Å². The third kappa shape index (κ3) is 6.45. The van der Waals surface area contributed by atoms with E-state index in [-0.39, 0.29) is 61.2 Å². The van der Waals surface area contributed by atoms with Gasteiger partial charge >= 0.3 is 0 Å². The highest BCUT2D eigenvalue weighted by molar-refractivity contribution is 6.25. The van der Waals surface area contributed by atoms with Crippen LogP contribution < -0.4 is 0 Å². The molecule has 0 saturated heterocycles. The van der Waals surface area contributed by atoms with E-state index in [0.717, 1.165) is 43.6 Å². The Balaban J connectivity index is 1.21. The van der Waals surface area contributed by atoms with Crippen molar-refractivity contribution in [2.24, 2.45) is 0 Å². The predicted octanol–water partition coefficient (Wildman–Crippen LogP) is 13.3. The molecule has 0 atom stereocenters. The van der Waals surface area contributed by atoms with E-state index in [1.807, 2.05) is 130 Å². The zero-order chi connectivity index (χ0) is 50.9. The number of nitrogens with zero attached hydrogens (tertiary/aromatic N) is 12. The molecule has 0 amide bonds. The second-order valence-electron chi connectivity index (χ2n) is 17.6. The van der Waals surface area contributed by atoms with Gasteiger partial charge in [0.15, 0.2) is 0 Å². The van der Waals surface area contributed by atoms with Crippen LogP contribution in [0.4, 0.5) is 0 Å². The first-order valence-corrected chi connectivity index (χ1v) is 23.4. The fourth-order valence-corrected chi connectivity index (χ4v) is 10.7. The quantitative estimate of drug-likeness (QED) is 0.153. The number of benzene rings is 8. The van der Waals surface area contributed by atoms with Crippen molar-refractivity contribution in [1.29, 1.82) is 31.6 Å². The van der Waals surface area contributed by atoms with Gasteiger partial charge in [-0.15, -0.1) is 0 Å². The van der Waals surface area contributed by atoms with Crippen LogP contribution in [0.5, 0.6) is 0 Å². The van der Waals surface area contributed by atoms with Gasteiger partial charge in [-0.2, -0.15) is 31.6 Å². The molecule has 0 unspecified atom stereocenters. The van der Waals surface area contributed by atoms with Crippen molar-refractivity contribution >= 4 is 65.6 Å². The molecule has 5 heterocycles. The minimum atomic E-state index is -0.0547. The topological polar surface area (TPSA) is 217 Å². The molecule has 0 radical (unpaired) electrons. The van der Waals surface area contributed by atoms with E-state index < -0.39 is 0 Å². The van der Waals surface area contributed by atoms with E-state index >= 15 is 0 Å². The van der Waals surface area contributed by atoms with Crippen LogP contribution >= 0.6 is 0 Å². The molecule has 342 valence electrons. The maximum Gasteiger partial charge on any atom is 0.234 e. The molecule has 0 fully saturated rings. The smallest absolute Gasteiger partial charge is 0.234 e. The van der Waals surface area contributed by atoms with Gasteiger partial charge in [-0.3, -0.25) is 9.13 Å². The molecule has 0 N–H and O–H groups in total. The molecule has 0 aliphatic rings. The summed E-state index contributed by atoms with van der Waals surface area (Å²) in [5.74, 6) is 0.720. The molecule has 0 spiro atoms. The maximum absolute atomic E-state index is 11.2. The Morgan fingerprint density at radius 3 is 1.05 bits per heavy atom. The van der Waals surface area contributed by atoms with Gasteiger partial charge < -0.3 is 4.42 Å². The van der Waals surface area contributed by atoms with Crippen LogP contribution in [0.1, 0.15) is 33.4 Å². The monoisotopic (exact) mass is 956 g/mol. The van der Waals surface area contributed by atoms with E-state index in [9.17, 15) is 31.6 Å². The SMILES string of the molecule is N#Cc1cc(C#N)c(-c2c(-c3c(C#N)cc(C#N)cc3C#N)c(-c3cnc(-n4c5ccccc5c5ccccc54)nc3)c3c(oc4ccccc43)c2-c2cnc(-n3c4ccccc4c4ccccc43)nc2)c(C#N)c1. The lowest BCUT2D eigenvalue weighted by molar-refractivity contribution is 0.670. The minimum Gasteiger partial charge on any atom is -0.455 e. The average molecular weight is 957 g/mol. The first-order valence-electron chi connectivity index (χ1n) is 23.4. The van der Waals surface area contributed by atoms with Crippen LogP contribution in [0.3, 0.4) is 0 Å². The zero-order valence-corrected chi connectivity index (χ0v) is 38.9. The number of para-hydroxylation sites is 5. The lowest BCUT2D eigenvalue weighted by Crippen LogP contribution is -2.05. The van der Waals surface area contributed by atoms with Crippen molar-refractivity contribution in [2.75, 3.05) is 0 Å². The van der Waals surface area contributed by atoms with E-state index in [1.165, 1.54) is 24.3 Å². The first kappa shape index (κ1) is 43.3. The molecule has 8 aromatic carbocycles. The van der Waals surface area contributed by atoms with Crippen molar-refractivity contribution < 1.29 is 4.42 Å². The Hall–Kier alpha value is -11.7. The number of furan rings is 1. The maximum atomic E-state index is 11.2. The van der Waals surface area contributed by atoms with Gasteiger partial charge in [-0.05, 0) is 54.6 Å². The lowest BCUT2D eigenvalue weighted by atomic mass is 9.76. The van der Waals surface area contributed by atoms with Gasteiger partial charge in [0.2, 0.25) is 11.9 Å². The van der Waals surface area contributed by atoms with Gasteiger partial charge in [-0.25, -0.2) is 19.9 Å². The summed E-state index contributed by atoms with van der Waals surface area (Å²) in [6.45, 7) is 0. The van der Waals surface area contributed by atoms with Crippen LogP contribution in [-0.4, -0.2) is 29.1 Å². The highest BCUT2D eigenvalue weighted by Gasteiger charge is 2.34. The van der Waals surface area contributed by atoms with Gasteiger partial charge in [0.25, 0.3) is 0 Å². The summed E-state index contributed by atoms with van der Waals surface area (Å²) in [6, 6.07) is 58.2. The van der Waals surface area contributed by atoms with Crippen molar-refractivity contribution in [2.45, 2.75) is 0 Å². The van der Waals surface area contributed by atoms with Crippen molar-refractivity contribution in [1.82, 2.24) is 29.1 Å². The fourth-order valence-electron chi connectivity index (χ4n) is 10.7. The van der Waals surface area contributed by atoms with E-state index in [0.29, 0.717) is 50.5 Å². The summed E-state index contributed by atoms with van der Waals surface area (Å²) in [4.78, 5) is 20.2. The summed E-state index contributed by atoms with van der Waals surface area (Å²) in [5.41, 5.74) is 6.30. The van der Waals surface area contributed by atoms with Crippen LogP contribution in [0, 0.1) is 68.0 Å². The number of hydrogen-bond acceptors (Lipinski definition) is 11. The standard InChI is InChI=1S/C62H28N12O/c63-25-35-21-37(27-65)53(38(22-35)28-66)58-55(41-31-69-61(70-32-41)73-48-16-6-1-11-43(48)44-12-2-7-17-49(44)73)57-47-15-5-10-20-52(47)75-60(57)56(59(58)54-39(29-67)23-36(26-64)24-40(54)30-68)42-33-71-62(72-34-42)74-50-18-8-3-13-45(50)46-14-4-9-19-51(46)74/h1-24,31-34H. The highest BCUT2D eigenvalue weighted by Crippen LogP contribution is 2.55. The fraction of sp³-hybridized carbons (Fsp3) is 0. The normalized spacial score (nSPS) is 11.1. The van der Waals surface area contributed by atoms with E-state index in [4.69, 9.17) is 24.4 Å². The molecule has 0 bridgehead atoms. The van der Waals surface area contributed by atoms with Crippen LogP contribution in [0.25, 0.3) is 122 Å². The Labute approximate surface area is 425 Å². The molecule has 5 aromatic heterocycles. The predicted molar refractivity (Wildman–Crippen MR) is 284 cm³/mol. The molecule has 13 nitrogen and oxygen atoms in total. The number of fused-ring (bicyclic) bond motifs is 9. The third-order valence-corrected chi connectivity index (χ3v) is 13.8. The molecule has 0 aliphatic carbocycles. The molecule has 75 heavy (non-hydrogen) atoms. The second kappa shape index (κ2) is 17.0. The average Bonchev–Trinajstić information content (AvgIpc) is 4.23. The largest absolute Gasteiger partial charge is 0.455 e. The van der Waals surface area contributed by atoms with Gasteiger partial charge in [0, 0.05) is 102 Å². The number of nitriles is 6. The van der Waals surface area contributed by atoms with Crippen molar-refractivity contribution in [3.63, 3.8) is 0 Å². The van der Waals surface area contributed by atoms with Crippen molar-refractivity contribution in [3.05, 3.63) is 204 Å². The second-order valence-corrected chi connectivity index (χ2v) is 17.6. The molecule has 0 saturated carbocycles. The Morgan fingerprint density at radius 1 is 0.347 bits per heavy atom. The molecule has 13 heteroatoms. The zero-order valence-electron chi connectivity index (χ0n) is 38.9. The highest BCUT2D eigenvalue weighted by atomic mass is 16.3. The molecular formula is C62H28N12O. The Bertz CT molecular complexity index is 4730. The Morgan fingerprint density at radius 2 is 0.680 bits per heavy atom. The summed E-state index contributed by atoms with van der Waals surface area (Å²) < 4.78 is 10.9. The summed E-state index contributed by atoms with van der Waals surface area (Å²) >= 11 is 0. The lowest BCUT2D eigenvalue weighted by Gasteiger charge is -2.24. The van der Waals surface area contributed by atoms with Gasteiger partial charge in [0.05, 0.1) is 91.9 Å². The summed E-state index contributed by atoms with van der Waals surface area (Å²) in [6.07, 6.45) is 6.61. The summed E-state index contributed by atoms with van der Waals surface area (Å²) in [5, 5.41) is 70.2. The van der Waals surface area contributed by atoms with Crippen LogP contribution in [0.15, 0.2) is 175 Å². The molecular weight excluding hydrogens is 929 g/mol. The Kier molecular flexibility index (Phi) is 9.81.